The van der Waals surface area contributed by atoms with Gasteiger partial charge in [0.1, 0.15) is 4.99 Å². The minimum absolute atomic E-state index is 1.04. The molecule has 0 bridgehead atoms. The summed E-state index contributed by atoms with van der Waals surface area (Å²) in [6.45, 7) is 8.11. The van der Waals surface area contributed by atoms with Crippen LogP contribution in [0.5, 0.6) is 0 Å². The maximum absolute atomic E-state index is 5.42. The van der Waals surface area contributed by atoms with E-state index >= 15 is 0 Å². The van der Waals surface area contributed by atoms with Crippen LogP contribution in [0.15, 0.2) is 24.3 Å². The van der Waals surface area contributed by atoms with Crippen LogP contribution in [0.25, 0.3) is 0 Å². The van der Waals surface area contributed by atoms with Gasteiger partial charge < -0.3 is 4.90 Å². The van der Waals surface area contributed by atoms with Gasteiger partial charge in [-0.15, -0.1) is 6.58 Å². The number of likely N-dealkylation sites (tertiary alicyclic amines) is 1. The van der Waals surface area contributed by atoms with Crippen molar-refractivity contribution in [1.29, 1.82) is 0 Å². The Labute approximate surface area is 92.5 Å². The molecule has 0 aromatic heterocycles. The maximum Gasteiger partial charge on any atom is 0.104 e. The van der Waals surface area contributed by atoms with Crippen LogP contribution in [0.4, 0.5) is 0 Å². The molecule has 0 saturated carbocycles. The maximum atomic E-state index is 5.42. The molecule has 2 heteroatoms. The Kier molecular flexibility index (Phi) is 4.88. The molecule has 0 aromatic carbocycles. The average molecular weight is 209 g/mol. The van der Waals surface area contributed by atoms with E-state index in [0.29, 0.717) is 0 Å². The van der Waals surface area contributed by atoms with Gasteiger partial charge in [-0.3, -0.25) is 0 Å². The Morgan fingerprint density at radius 2 is 2.00 bits per heavy atom. The van der Waals surface area contributed by atoms with Crippen LogP contribution in [0.2, 0.25) is 0 Å². The highest BCUT2D eigenvalue weighted by Gasteiger charge is 2.14. The fourth-order valence-corrected chi connectivity index (χ4v) is 1.94. The lowest BCUT2D eigenvalue weighted by atomic mass is 10.2. The zero-order valence-electron chi connectivity index (χ0n) is 8.96. The van der Waals surface area contributed by atoms with Crippen LogP contribution in [-0.4, -0.2) is 23.0 Å². The molecule has 14 heavy (non-hydrogen) atoms. The largest absolute Gasteiger partial charge is 0.363 e. The summed E-state index contributed by atoms with van der Waals surface area (Å²) in [5.41, 5.74) is 1.25. The first kappa shape index (κ1) is 11.4. The third kappa shape index (κ3) is 3.26. The molecule has 78 valence electrons. The van der Waals surface area contributed by atoms with Crippen LogP contribution < -0.4 is 0 Å². The lowest BCUT2D eigenvalue weighted by Gasteiger charge is -2.18. The van der Waals surface area contributed by atoms with E-state index in [9.17, 15) is 0 Å². The van der Waals surface area contributed by atoms with E-state index in [4.69, 9.17) is 12.2 Å². The fraction of sp³-hybridized carbons (Fsp3) is 0.583. The van der Waals surface area contributed by atoms with Gasteiger partial charge in [-0.25, -0.2) is 0 Å². The smallest absolute Gasteiger partial charge is 0.104 e. The standard InChI is InChI=1S/C12H19NS/c1-3-4-5-8-11(2)12(14)13-9-6-7-10-13/h3,8H,1,4-7,9-10H2,2H3/b11-8-. The summed E-state index contributed by atoms with van der Waals surface area (Å²) in [4.78, 5) is 3.36. The van der Waals surface area contributed by atoms with Crippen molar-refractivity contribution in [2.24, 2.45) is 0 Å². The van der Waals surface area contributed by atoms with Gasteiger partial charge in [0.2, 0.25) is 0 Å². The van der Waals surface area contributed by atoms with E-state index in [-0.39, 0.29) is 0 Å². The van der Waals surface area contributed by atoms with Crippen LogP contribution in [-0.2, 0) is 0 Å². The monoisotopic (exact) mass is 209 g/mol. The predicted octanol–water partition coefficient (Wildman–Crippen LogP) is 3.32. The van der Waals surface area contributed by atoms with E-state index in [2.05, 4.69) is 24.5 Å². The van der Waals surface area contributed by atoms with Gasteiger partial charge in [-0.05, 0) is 38.2 Å². The van der Waals surface area contributed by atoms with Crippen LogP contribution in [0, 0.1) is 0 Å². The van der Waals surface area contributed by atoms with Gasteiger partial charge in [0.05, 0.1) is 0 Å². The zero-order chi connectivity index (χ0) is 10.4. The van der Waals surface area contributed by atoms with Gasteiger partial charge in [0.25, 0.3) is 0 Å². The molecule has 1 saturated heterocycles. The Bertz CT molecular complexity index is 237. The second-order valence-corrected chi connectivity index (χ2v) is 4.14. The minimum Gasteiger partial charge on any atom is -0.363 e. The van der Waals surface area contributed by atoms with Gasteiger partial charge >= 0.3 is 0 Å². The molecule has 1 heterocycles. The molecule has 0 N–H and O–H groups in total. The predicted molar refractivity (Wildman–Crippen MR) is 66.6 cm³/mol. The fourth-order valence-electron chi connectivity index (χ4n) is 1.67. The quantitative estimate of drug-likeness (QED) is 0.302. The van der Waals surface area contributed by atoms with Crippen molar-refractivity contribution in [3.05, 3.63) is 24.3 Å². The SMILES string of the molecule is C=CCC/C=C(/C)C(=S)N1CCCC1. The second kappa shape index (κ2) is 5.97. The second-order valence-electron chi connectivity index (χ2n) is 3.75. The summed E-state index contributed by atoms with van der Waals surface area (Å²) in [6.07, 6.45) is 8.86. The van der Waals surface area contributed by atoms with Crippen LogP contribution in [0.1, 0.15) is 32.6 Å². The number of hydrogen-bond acceptors (Lipinski definition) is 1. The summed E-state index contributed by atoms with van der Waals surface area (Å²) < 4.78 is 0. The molecule has 0 spiro atoms. The highest BCUT2D eigenvalue weighted by atomic mass is 32.1. The van der Waals surface area contributed by atoms with Crippen molar-refractivity contribution in [3.63, 3.8) is 0 Å². The highest BCUT2D eigenvalue weighted by molar-refractivity contribution is 7.80. The first-order chi connectivity index (χ1) is 6.75. The van der Waals surface area contributed by atoms with Gasteiger partial charge in [0, 0.05) is 13.1 Å². The average Bonchev–Trinajstić information content (AvgIpc) is 2.69. The van der Waals surface area contributed by atoms with E-state index in [0.717, 1.165) is 30.9 Å². The van der Waals surface area contributed by atoms with Crippen LogP contribution >= 0.6 is 12.2 Å². The molecule has 1 aliphatic rings. The summed E-state index contributed by atoms with van der Waals surface area (Å²) in [6, 6.07) is 0. The topological polar surface area (TPSA) is 3.24 Å². The molecular weight excluding hydrogens is 190 g/mol. The minimum atomic E-state index is 1.04. The molecule has 1 aliphatic heterocycles. The Morgan fingerprint density at radius 1 is 1.36 bits per heavy atom. The lowest BCUT2D eigenvalue weighted by Crippen LogP contribution is -2.26. The van der Waals surface area contributed by atoms with Crippen molar-refractivity contribution in [2.45, 2.75) is 32.6 Å². The molecule has 0 radical (unpaired) electrons. The molecule has 1 fully saturated rings. The zero-order valence-corrected chi connectivity index (χ0v) is 9.78. The van der Waals surface area contributed by atoms with Crippen molar-refractivity contribution < 1.29 is 0 Å². The number of unbranched alkanes of at least 4 members (excludes halogenated alkanes) is 1. The number of thiocarbonyl (C=S) groups is 1. The van der Waals surface area contributed by atoms with E-state index in [1.54, 1.807) is 0 Å². The van der Waals surface area contributed by atoms with Crippen molar-refractivity contribution in [2.75, 3.05) is 13.1 Å². The van der Waals surface area contributed by atoms with Gasteiger partial charge in [0.15, 0.2) is 0 Å². The van der Waals surface area contributed by atoms with Crippen molar-refractivity contribution >= 4 is 17.2 Å². The highest BCUT2D eigenvalue weighted by Crippen LogP contribution is 2.13. The Hall–Kier alpha value is -0.630. The van der Waals surface area contributed by atoms with E-state index in [1.165, 1.54) is 18.4 Å². The molecule has 1 rings (SSSR count). The van der Waals surface area contributed by atoms with Crippen molar-refractivity contribution in [3.8, 4) is 0 Å². The van der Waals surface area contributed by atoms with Gasteiger partial charge in [-0.1, -0.05) is 24.4 Å². The third-order valence-electron chi connectivity index (χ3n) is 2.55. The number of hydrogen-bond donors (Lipinski definition) is 0. The summed E-state index contributed by atoms with van der Waals surface area (Å²) in [5, 5.41) is 0. The molecule has 0 aromatic rings. The first-order valence-corrected chi connectivity index (χ1v) is 5.73. The molecular formula is C12H19NS. The Morgan fingerprint density at radius 3 is 2.57 bits per heavy atom. The first-order valence-electron chi connectivity index (χ1n) is 5.32. The molecule has 0 atom stereocenters. The van der Waals surface area contributed by atoms with E-state index in [1.807, 2.05) is 6.08 Å². The normalized spacial score (nSPS) is 17.2. The van der Waals surface area contributed by atoms with Gasteiger partial charge in [-0.2, -0.15) is 0 Å². The number of nitrogens with zero attached hydrogens (tertiary/aromatic N) is 1. The number of allylic oxidation sites excluding steroid dienone is 2. The van der Waals surface area contributed by atoms with Crippen molar-refractivity contribution in [1.82, 2.24) is 4.90 Å². The molecule has 0 aliphatic carbocycles. The summed E-state index contributed by atoms with van der Waals surface area (Å²) in [5.74, 6) is 0. The third-order valence-corrected chi connectivity index (χ3v) is 3.13. The summed E-state index contributed by atoms with van der Waals surface area (Å²) >= 11 is 5.42. The molecule has 1 nitrogen and oxygen atoms in total. The number of rotatable bonds is 4. The Balaban J connectivity index is 2.41. The lowest BCUT2D eigenvalue weighted by molar-refractivity contribution is 0.529. The van der Waals surface area contributed by atoms with E-state index < -0.39 is 0 Å². The molecule has 0 amide bonds. The van der Waals surface area contributed by atoms with Crippen LogP contribution in [0.3, 0.4) is 0 Å². The summed E-state index contributed by atoms with van der Waals surface area (Å²) in [7, 11) is 0. The molecule has 0 unspecified atom stereocenters.